The molecule has 0 radical (unpaired) electrons. The number of hydrogen-bond acceptors (Lipinski definition) is 0. The smallest absolute Gasteiger partial charge is 0.0562 e. The fraction of sp³-hybridized carbons (Fsp3) is 0. The van der Waals surface area contributed by atoms with Crippen molar-refractivity contribution in [1.82, 2.24) is 9.13 Å². The number of aromatic nitrogens is 2. The van der Waals surface area contributed by atoms with Crippen LogP contribution in [0, 0.1) is 0 Å². The second kappa shape index (κ2) is 12.9. The van der Waals surface area contributed by atoms with E-state index >= 15 is 0 Å². The fourth-order valence-corrected chi connectivity index (χ4v) is 9.68. The first-order valence-corrected chi connectivity index (χ1v) is 20.0. The Morgan fingerprint density at radius 2 is 0.690 bits per heavy atom. The minimum Gasteiger partial charge on any atom is -0.309 e. The van der Waals surface area contributed by atoms with Gasteiger partial charge in [-0.25, -0.2) is 0 Å². The van der Waals surface area contributed by atoms with Gasteiger partial charge < -0.3 is 9.13 Å². The van der Waals surface area contributed by atoms with E-state index in [0.717, 1.165) is 11.4 Å². The summed E-state index contributed by atoms with van der Waals surface area (Å²) in [5, 5.41) is 10.0. The lowest BCUT2D eigenvalue weighted by molar-refractivity contribution is 1.16. The van der Waals surface area contributed by atoms with Crippen LogP contribution in [-0.4, -0.2) is 9.13 Å². The summed E-state index contributed by atoms with van der Waals surface area (Å²) in [5.41, 5.74) is 14.5. The molecule has 2 heteroatoms. The molecule has 58 heavy (non-hydrogen) atoms. The van der Waals surface area contributed by atoms with Gasteiger partial charge in [0.1, 0.15) is 0 Å². The Hall–Kier alpha value is -7.68. The average molecular weight is 737 g/mol. The van der Waals surface area contributed by atoms with Crippen molar-refractivity contribution in [3.05, 3.63) is 218 Å². The zero-order valence-corrected chi connectivity index (χ0v) is 31.7. The van der Waals surface area contributed by atoms with Crippen LogP contribution in [0.1, 0.15) is 0 Å². The second-order valence-corrected chi connectivity index (χ2v) is 15.2. The third-order valence-corrected chi connectivity index (χ3v) is 12.1. The summed E-state index contributed by atoms with van der Waals surface area (Å²) in [7, 11) is 0. The van der Waals surface area contributed by atoms with Crippen LogP contribution in [0.25, 0.3) is 110 Å². The van der Waals surface area contributed by atoms with Crippen molar-refractivity contribution in [1.29, 1.82) is 0 Å². The van der Waals surface area contributed by atoms with Gasteiger partial charge in [-0.05, 0) is 110 Å². The Kier molecular flexibility index (Phi) is 7.26. The number of nitrogens with zero attached hydrogens (tertiary/aromatic N) is 2. The molecule has 0 aliphatic carbocycles. The normalized spacial score (nSPS) is 11.8. The van der Waals surface area contributed by atoms with Crippen molar-refractivity contribution >= 4 is 65.2 Å². The van der Waals surface area contributed by atoms with Crippen LogP contribution in [0.4, 0.5) is 0 Å². The Labute approximate surface area is 336 Å². The zero-order valence-electron chi connectivity index (χ0n) is 31.7. The van der Waals surface area contributed by atoms with Crippen molar-refractivity contribution in [3.8, 4) is 44.8 Å². The molecule has 2 heterocycles. The third kappa shape index (κ3) is 4.85. The number of para-hydroxylation sites is 3. The number of benzene rings is 10. The van der Waals surface area contributed by atoms with Crippen LogP contribution in [0.2, 0.25) is 0 Å². The molecule has 0 bridgehead atoms. The van der Waals surface area contributed by atoms with Crippen LogP contribution in [0.15, 0.2) is 218 Å². The lowest BCUT2D eigenvalue weighted by Gasteiger charge is -2.18. The zero-order chi connectivity index (χ0) is 38.2. The molecule has 0 aliphatic rings. The molecular formula is C56H36N2. The molecule has 2 aromatic heterocycles. The van der Waals surface area contributed by atoms with E-state index < -0.39 is 0 Å². The van der Waals surface area contributed by atoms with Crippen molar-refractivity contribution in [2.45, 2.75) is 0 Å². The fourth-order valence-electron chi connectivity index (χ4n) is 9.68. The minimum atomic E-state index is 1.14. The van der Waals surface area contributed by atoms with E-state index in [0.29, 0.717) is 0 Å². The van der Waals surface area contributed by atoms with E-state index in [1.165, 1.54) is 98.5 Å². The molecule has 2 nitrogen and oxygen atoms in total. The lowest BCUT2D eigenvalue weighted by Crippen LogP contribution is -1.95. The van der Waals surface area contributed by atoms with Crippen LogP contribution < -0.4 is 0 Å². The van der Waals surface area contributed by atoms with E-state index in [9.17, 15) is 0 Å². The molecule has 0 saturated heterocycles. The summed E-state index contributed by atoms with van der Waals surface area (Å²) in [6.45, 7) is 0. The SMILES string of the molecule is c1ccc(-c2c3ccccc3c(-c3cccc(-c4cccc5c4c4cc6c7ccccc7n(-c7ccccc7)c6cc4n5-c4ccccc4)c3)c3ccccc23)cc1. The highest BCUT2D eigenvalue weighted by molar-refractivity contribution is 6.24. The van der Waals surface area contributed by atoms with Crippen molar-refractivity contribution < 1.29 is 0 Å². The summed E-state index contributed by atoms with van der Waals surface area (Å²) in [4.78, 5) is 0. The molecule has 0 spiro atoms. The molecule has 0 saturated carbocycles. The van der Waals surface area contributed by atoms with Gasteiger partial charge in [0.05, 0.1) is 22.1 Å². The summed E-state index contributed by atoms with van der Waals surface area (Å²) in [6.07, 6.45) is 0. The number of hydrogen-bond donors (Lipinski definition) is 0. The molecule has 12 aromatic rings. The molecule has 270 valence electrons. The van der Waals surface area contributed by atoms with Gasteiger partial charge in [0.15, 0.2) is 0 Å². The topological polar surface area (TPSA) is 9.86 Å². The molecule has 0 amide bonds. The molecular weight excluding hydrogens is 701 g/mol. The number of rotatable bonds is 5. The quantitative estimate of drug-likeness (QED) is 0.156. The third-order valence-electron chi connectivity index (χ3n) is 12.1. The number of fused-ring (bicyclic) bond motifs is 8. The summed E-state index contributed by atoms with van der Waals surface area (Å²) in [5.74, 6) is 0. The maximum atomic E-state index is 2.45. The molecule has 0 aliphatic heterocycles. The van der Waals surface area contributed by atoms with Crippen molar-refractivity contribution in [2.75, 3.05) is 0 Å². The Morgan fingerprint density at radius 1 is 0.241 bits per heavy atom. The van der Waals surface area contributed by atoms with Crippen molar-refractivity contribution in [2.24, 2.45) is 0 Å². The Balaban J connectivity index is 1.15. The predicted octanol–water partition coefficient (Wildman–Crippen LogP) is 15.2. The highest BCUT2D eigenvalue weighted by Gasteiger charge is 2.22. The molecule has 12 rings (SSSR count). The summed E-state index contributed by atoms with van der Waals surface area (Å²) in [6, 6.07) is 79.9. The first kappa shape index (κ1) is 32.6. The van der Waals surface area contributed by atoms with Gasteiger partial charge in [0.2, 0.25) is 0 Å². The lowest BCUT2D eigenvalue weighted by atomic mass is 9.85. The molecule has 0 atom stereocenters. The molecule has 10 aromatic carbocycles. The first-order valence-electron chi connectivity index (χ1n) is 20.0. The van der Waals surface area contributed by atoms with Crippen molar-refractivity contribution in [3.63, 3.8) is 0 Å². The predicted molar refractivity (Wildman–Crippen MR) is 246 cm³/mol. The summed E-state index contributed by atoms with van der Waals surface area (Å²) >= 11 is 0. The minimum absolute atomic E-state index is 1.14. The van der Waals surface area contributed by atoms with Crippen LogP contribution in [-0.2, 0) is 0 Å². The van der Waals surface area contributed by atoms with Gasteiger partial charge in [-0.3, -0.25) is 0 Å². The van der Waals surface area contributed by atoms with Gasteiger partial charge in [-0.15, -0.1) is 0 Å². The first-order chi connectivity index (χ1) is 28.8. The van der Waals surface area contributed by atoms with Gasteiger partial charge in [-0.2, -0.15) is 0 Å². The summed E-state index contributed by atoms with van der Waals surface area (Å²) < 4.78 is 4.87. The van der Waals surface area contributed by atoms with E-state index in [1.807, 2.05) is 0 Å². The molecule has 0 N–H and O–H groups in total. The largest absolute Gasteiger partial charge is 0.309 e. The van der Waals surface area contributed by atoms with Gasteiger partial charge in [-0.1, -0.05) is 164 Å². The Bertz CT molecular complexity index is 3480. The standard InChI is InChI=1S/C56H36N2/c1-4-18-37(19-5-1)54-44-27-10-12-29-46(44)55(47-30-13-11-28-45(47)54)39-21-16-20-38(34-39)42-31-17-33-51-56(42)49-35-48-43-26-14-15-32-50(43)57(40-22-6-2-7-23-40)52(48)36-53(49)58(51)41-24-8-3-9-25-41/h1-36H. The van der Waals surface area contributed by atoms with E-state index in [2.05, 4.69) is 228 Å². The van der Waals surface area contributed by atoms with E-state index in [4.69, 9.17) is 0 Å². The van der Waals surface area contributed by atoms with Crippen LogP contribution >= 0.6 is 0 Å². The highest BCUT2D eigenvalue weighted by atomic mass is 15.0. The van der Waals surface area contributed by atoms with Crippen LogP contribution in [0.3, 0.4) is 0 Å². The van der Waals surface area contributed by atoms with Gasteiger partial charge >= 0.3 is 0 Å². The Morgan fingerprint density at radius 3 is 1.33 bits per heavy atom. The van der Waals surface area contributed by atoms with Gasteiger partial charge in [0, 0.05) is 32.9 Å². The molecule has 0 unspecified atom stereocenters. The maximum Gasteiger partial charge on any atom is 0.0562 e. The monoisotopic (exact) mass is 736 g/mol. The maximum absolute atomic E-state index is 2.45. The highest BCUT2D eigenvalue weighted by Crippen LogP contribution is 2.46. The van der Waals surface area contributed by atoms with E-state index in [1.54, 1.807) is 0 Å². The second-order valence-electron chi connectivity index (χ2n) is 15.2. The average Bonchev–Trinajstić information content (AvgIpc) is 3.80. The molecule has 0 fully saturated rings. The van der Waals surface area contributed by atoms with Crippen LogP contribution in [0.5, 0.6) is 0 Å². The van der Waals surface area contributed by atoms with Gasteiger partial charge in [0.25, 0.3) is 0 Å². The van der Waals surface area contributed by atoms with E-state index in [-0.39, 0.29) is 0 Å².